The summed E-state index contributed by atoms with van der Waals surface area (Å²) in [5, 5.41) is 0. The molecule has 1 amide bonds. The Hall–Kier alpha value is -1.42. The first-order chi connectivity index (χ1) is 10.1. The van der Waals surface area contributed by atoms with Crippen molar-refractivity contribution in [3.8, 4) is 0 Å². The molecule has 0 N–H and O–H groups in total. The van der Waals surface area contributed by atoms with Crippen LogP contribution in [0, 0.1) is 5.41 Å². The van der Waals surface area contributed by atoms with Gasteiger partial charge in [-0.2, -0.15) is 0 Å². The molecule has 0 saturated carbocycles. The largest absolute Gasteiger partial charge is 0.338 e. The zero-order valence-corrected chi connectivity index (χ0v) is 13.1. The summed E-state index contributed by atoms with van der Waals surface area (Å²) in [4.78, 5) is 21.5. The van der Waals surface area contributed by atoms with Crippen molar-refractivity contribution >= 4 is 5.91 Å². The van der Waals surface area contributed by atoms with Gasteiger partial charge >= 0.3 is 0 Å². The normalized spacial score (nSPS) is 27.0. The Kier molecular flexibility index (Phi) is 3.98. The Morgan fingerprint density at radius 1 is 1.24 bits per heavy atom. The fourth-order valence-electron chi connectivity index (χ4n) is 3.74. The summed E-state index contributed by atoms with van der Waals surface area (Å²) in [6.07, 6.45) is 6.81. The molecular formula is C17H25N3O. The Balaban J connectivity index is 1.71. The Labute approximate surface area is 127 Å². The maximum Gasteiger partial charge on any atom is 0.230 e. The number of likely N-dealkylation sites (tertiary alicyclic amines) is 2. The standard InChI is InChI=1S/C17H25N3O/c1-14(2)20-10-3-6-17(13-20)7-11-19(16(17)21)12-15-4-8-18-9-5-15/h4-5,8-9,14H,3,6-7,10-13H2,1-2H3/t17-/m1/s1. The van der Waals surface area contributed by atoms with Crippen LogP contribution in [-0.2, 0) is 11.3 Å². The number of amides is 1. The molecule has 1 aromatic heterocycles. The third kappa shape index (κ3) is 2.82. The van der Waals surface area contributed by atoms with Crippen LogP contribution in [-0.4, -0.2) is 46.4 Å². The molecule has 21 heavy (non-hydrogen) atoms. The molecule has 4 heteroatoms. The number of aromatic nitrogens is 1. The Morgan fingerprint density at radius 3 is 2.71 bits per heavy atom. The number of rotatable bonds is 3. The van der Waals surface area contributed by atoms with E-state index in [1.54, 1.807) is 12.4 Å². The zero-order valence-electron chi connectivity index (χ0n) is 13.1. The summed E-state index contributed by atoms with van der Waals surface area (Å²) >= 11 is 0. The maximum absolute atomic E-state index is 12.9. The average Bonchev–Trinajstić information content (AvgIpc) is 2.78. The highest BCUT2D eigenvalue weighted by Gasteiger charge is 2.48. The maximum atomic E-state index is 12.9. The van der Waals surface area contributed by atoms with Gasteiger partial charge in [0.15, 0.2) is 0 Å². The summed E-state index contributed by atoms with van der Waals surface area (Å²) in [6, 6.07) is 4.53. The molecule has 1 aromatic rings. The van der Waals surface area contributed by atoms with Crippen LogP contribution < -0.4 is 0 Å². The molecule has 0 aliphatic carbocycles. The predicted molar refractivity (Wildman–Crippen MR) is 82.6 cm³/mol. The van der Waals surface area contributed by atoms with Crippen LogP contribution in [0.2, 0.25) is 0 Å². The molecule has 114 valence electrons. The summed E-state index contributed by atoms with van der Waals surface area (Å²) in [6.45, 7) is 8.16. The first kappa shape index (κ1) is 14.5. The van der Waals surface area contributed by atoms with Gasteiger partial charge in [-0.05, 0) is 57.4 Å². The fourth-order valence-corrected chi connectivity index (χ4v) is 3.74. The molecule has 0 radical (unpaired) electrons. The lowest BCUT2D eigenvalue weighted by Gasteiger charge is -2.41. The van der Waals surface area contributed by atoms with Gasteiger partial charge in [-0.15, -0.1) is 0 Å². The molecule has 2 aliphatic rings. The molecule has 1 spiro atoms. The molecular weight excluding hydrogens is 262 g/mol. The zero-order chi connectivity index (χ0) is 14.9. The number of hydrogen-bond donors (Lipinski definition) is 0. The van der Waals surface area contributed by atoms with Crippen LogP contribution in [0.4, 0.5) is 0 Å². The fraction of sp³-hybridized carbons (Fsp3) is 0.647. The van der Waals surface area contributed by atoms with E-state index in [9.17, 15) is 4.79 Å². The van der Waals surface area contributed by atoms with Gasteiger partial charge in [0.25, 0.3) is 0 Å². The van der Waals surface area contributed by atoms with Crippen LogP contribution >= 0.6 is 0 Å². The SMILES string of the molecule is CC(C)N1CCC[C@@]2(CCN(Cc3ccncc3)C2=O)C1. The van der Waals surface area contributed by atoms with Gasteiger partial charge < -0.3 is 4.90 Å². The van der Waals surface area contributed by atoms with Crippen molar-refractivity contribution in [2.75, 3.05) is 19.6 Å². The van der Waals surface area contributed by atoms with Crippen molar-refractivity contribution in [3.05, 3.63) is 30.1 Å². The van der Waals surface area contributed by atoms with E-state index < -0.39 is 0 Å². The van der Waals surface area contributed by atoms with Crippen LogP contribution in [0.5, 0.6) is 0 Å². The lowest BCUT2D eigenvalue weighted by molar-refractivity contribution is -0.139. The van der Waals surface area contributed by atoms with Gasteiger partial charge in [0.2, 0.25) is 5.91 Å². The summed E-state index contributed by atoms with van der Waals surface area (Å²) < 4.78 is 0. The van der Waals surface area contributed by atoms with Crippen molar-refractivity contribution in [1.82, 2.24) is 14.8 Å². The van der Waals surface area contributed by atoms with Gasteiger partial charge in [-0.1, -0.05) is 0 Å². The third-order valence-electron chi connectivity index (χ3n) is 5.06. The Morgan fingerprint density at radius 2 is 2.00 bits per heavy atom. The molecule has 3 rings (SSSR count). The van der Waals surface area contributed by atoms with Crippen molar-refractivity contribution in [3.63, 3.8) is 0 Å². The topological polar surface area (TPSA) is 36.4 Å². The molecule has 0 unspecified atom stereocenters. The minimum atomic E-state index is -0.116. The third-order valence-corrected chi connectivity index (χ3v) is 5.06. The van der Waals surface area contributed by atoms with E-state index in [-0.39, 0.29) is 5.41 Å². The molecule has 4 nitrogen and oxygen atoms in total. The van der Waals surface area contributed by atoms with E-state index in [1.807, 2.05) is 17.0 Å². The lowest BCUT2D eigenvalue weighted by Crippen LogP contribution is -2.49. The molecule has 1 atom stereocenters. The molecule has 2 saturated heterocycles. The van der Waals surface area contributed by atoms with Crippen LogP contribution in [0.15, 0.2) is 24.5 Å². The minimum absolute atomic E-state index is 0.116. The van der Waals surface area contributed by atoms with Crippen molar-refractivity contribution in [2.24, 2.45) is 5.41 Å². The van der Waals surface area contributed by atoms with Crippen LogP contribution in [0.1, 0.15) is 38.7 Å². The van der Waals surface area contributed by atoms with E-state index in [0.717, 1.165) is 45.4 Å². The highest BCUT2D eigenvalue weighted by Crippen LogP contribution is 2.41. The Bertz CT molecular complexity index is 502. The van der Waals surface area contributed by atoms with E-state index in [4.69, 9.17) is 0 Å². The van der Waals surface area contributed by atoms with Gasteiger partial charge in [0, 0.05) is 38.1 Å². The van der Waals surface area contributed by atoms with E-state index >= 15 is 0 Å². The summed E-state index contributed by atoms with van der Waals surface area (Å²) in [5.41, 5.74) is 1.06. The van der Waals surface area contributed by atoms with Gasteiger partial charge in [0.1, 0.15) is 0 Å². The number of nitrogens with zero attached hydrogens (tertiary/aromatic N) is 3. The first-order valence-electron chi connectivity index (χ1n) is 8.03. The monoisotopic (exact) mass is 287 g/mol. The van der Waals surface area contributed by atoms with Crippen molar-refractivity contribution in [2.45, 2.75) is 45.7 Å². The smallest absolute Gasteiger partial charge is 0.230 e. The highest BCUT2D eigenvalue weighted by molar-refractivity contribution is 5.85. The number of carbonyl (C=O) groups is 1. The molecule has 2 aliphatic heterocycles. The second-order valence-electron chi connectivity index (χ2n) is 6.78. The van der Waals surface area contributed by atoms with E-state index in [2.05, 4.69) is 23.7 Å². The number of hydrogen-bond acceptors (Lipinski definition) is 3. The summed E-state index contributed by atoms with van der Waals surface area (Å²) in [5.74, 6) is 0.365. The number of pyridine rings is 1. The lowest BCUT2D eigenvalue weighted by atomic mass is 9.78. The molecule has 3 heterocycles. The van der Waals surface area contributed by atoms with Crippen molar-refractivity contribution < 1.29 is 4.79 Å². The average molecular weight is 287 g/mol. The van der Waals surface area contributed by atoms with Crippen molar-refractivity contribution in [1.29, 1.82) is 0 Å². The highest BCUT2D eigenvalue weighted by atomic mass is 16.2. The van der Waals surface area contributed by atoms with Gasteiger partial charge in [0.05, 0.1) is 5.41 Å². The second-order valence-corrected chi connectivity index (χ2v) is 6.78. The number of piperidine rings is 1. The van der Waals surface area contributed by atoms with Crippen LogP contribution in [0.25, 0.3) is 0 Å². The number of carbonyl (C=O) groups excluding carboxylic acids is 1. The van der Waals surface area contributed by atoms with Crippen LogP contribution in [0.3, 0.4) is 0 Å². The predicted octanol–water partition coefficient (Wildman–Crippen LogP) is 2.30. The molecule has 0 bridgehead atoms. The molecule has 2 fully saturated rings. The summed E-state index contributed by atoms with van der Waals surface area (Å²) in [7, 11) is 0. The minimum Gasteiger partial charge on any atom is -0.338 e. The van der Waals surface area contributed by atoms with Gasteiger partial charge in [-0.3, -0.25) is 14.7 Å². The first-order valence-corrected chi connectivity index (χ1v) is 8.03. The van der Waals surface area contributed by atoms with E-state index in [0.29, 0.717) is 11.9 Å². The quantitative estimate of drug-likeness (QED) is 0.856. The van der Waals surface area contributed by atoms with Gasteiger partial charge in [-0.25, -0.2) is 0 Å². The molecule has 0 aromatic carbocycles. The second kappa shape index (κ2) is 5.76. The van der Waals surface area contributed by atoms with E-state index in [1.165, 1.54) is 5.56 Å².